The van der Waals surface area contributed by atoms with Gasteiger partial charge in [0.15, 0.2) is 11.5 Å². The van der Waals surface area contributed by atoms with Crippen LogP contribution in [-0.4, -0.2) is 39.5 Å². The van der Waals surface area contributed by atoms with Gasteiger partial charge < -0.3 is 14.6 Å². The zero-order chi connectivity index (χ0) is 21.5. The molecule has 3 aromatic rings. The maximum absolute atomic E-state index is 13.7. The number of halogens is 3. The van der Waals surface area contributed by atoms with Crippen LogP contribution < -0.4 is 10.1 Å². The third kappa shape index (κ3) is 3.59. The number of nitrogens with one attached hydrogen (secondary N) is 1. The fourth-order valence-corrected chi connectivity index (χ4v) is 3.37. The molecule has 0 saturated carbocycles. The molecule has 0 aliphatic carbocycles. The molecule has 0 spiro atoms. The topological polar surface area (TPSA) is 92.8 Å². The van der Waals surface area contributed by atoms with E-state index >= 15 is 0 Å². The summed E-state index contributed by atoms with van der Waals surface area (Å²) in [6.07, 6.45) is -2.83. The number of ketones is 1. The zero-order valence-corrected chi connectivity index (χ0v) is 15.8. The van der Waals surface area contributed by atoms with Gasteiger partial charge in [-0.15, -0.1) is 0 Å². The minimum absolute atomic E-state index is 0.0304. The summed E-state index contributed by atoms with van der Waals surface area (Å²) in [6, 6.07) is 6.49. The molecule has 1 N–H and O–H groups in total. The van der Waals surface area contributed by atoms with E-state index in [2.05, 4.69) is 15.3 Å². The lowest BCUT2D eigenvalue weighted by Crippen LogP contribution is -2.33. The second-order valence-electron chi connectivity index (χ2n) is 6.93. The first-order valence-corrected chi connectivity index (χ1v) is 9.10. The maximum atomic E-state index is 13.7. The molecule has 1 aliphatic heterocycles. The van der Waals surface area contributed by atoms with Gasteiger partial charge in [0, 0.05) is 25.6 Å². The fraction of sp³-hybridized carbons (Fsp3) is 0.300. The molecule has 1 aliphatic rings. The molecule has 0 unspecified atom stereocenters. The van der Waals surface area contributed by atoms with Crippen molar-refractivity contribution in [1.82, 2.24) is 19.9 Å². The van der Waals surface area contributed by atoms with Crippen molar-refractivity contribution in [1.29, 1.82) is 5.26 Å². The number of ether oxygens (including phenoxy) is 1. The Morgan fingerprint density at radius 3 is 2.83 bits per heavy atom. The Morgan fingerprint density at radius 2 is 2.17 bits per heavy atom. The van der Waals surface area contributed by atoms with E-state index in [1.807, 2.05) is 6.07 Å². The maximum Gasteiger partial charge on any atom is 0.419 e. The van der Waals surface area contributed by atoms with Crippen LogP contribution >= 0.6 is 0 Å². The molecule has 10 heteroatoms. The van der Waals surface area contributed by atoms with Gasteiger partial charge in [0.25, 0.3) is 0 Å². The van der Waals surface area contributed by atoms with Crippen molar-refractivity contribution in [3.63, 3.8) is 0 Å². The summed E-state index contributed by atoms with van der Waals surface area (Å²) in [5.41, 5.74) is 0.417. The number of carbonyl (C=O) groups is 1. The molecular formula is C20H16F3N5O2. The standard InChI is InChI=1S/C20H16F3N5O2/c1-28-10-26-19-14(8-24)27-13(7-16(19)28)11-2-3-18(12(6-11)20(21,22)23)30-9-15-17(29)4-5-25-15/h2-3,6-7,10,15,25H,4-5,9H2,1H3/t15-/m0/s1. The molecule has 1 saturated heterocycles. The SMILES string of the molecule is Cn1cnc2c(C#N)nc(-c3ccc(OC[C@@H]4NCCC4=O)c(C(F)(F)F)c3)cc21. The van der Waals surface area contributed by atoms with Crippen molar-refractivity contribution in [2.24, 2.45) is 7.05 Å². The van der Waals surface area contributed by atoms with E-state index in [1.54, 1.807) is 17.7 Å². The number of aromatic nitrogens is 3. The lowest BCUT2D eigenvalue weighted by atomic mass is 10.0. The molecule has 154 valence electrons. The van der Waals surface area contributed by atoms with E-state index in [0.717, 1.165) is 6.07 Å². The monoisotopic (exact) mass is 415 g/mol. The normalized spacial score (nSPS) is 16.8. The van der Waals surface area contributed by atoms with Crippen molar-refractivity contribution in [2.75, 3.05) is 13.2 Å². The summed E-state index contributed by atoms with van der Waals surface area (Å²) in [5, 5.41) is 12.2. The number of hydrogen-bond donors (Lipinski definition) is 1. The third-order valence-electron chi connectivity index (χ3n) is 4.96. The van der Waals surface area contributed by atoms with Gasteiger partial charge in [-0.05, 0) is 24.3 Å². The quantitative estimate of drug-likeness (QED) is 0.705. The number of carbonyl (C=O) groups excluding carboxylic acids is 1. The highest BCUT2D eigenvalue weighted by molar-refractivity contribution is 5.86. The Morgan fingerprint density at radius 1 is 1.37 bits per heavy atom. The average Bonchev–Trinajstić information content (AvgIpc) is 3.30. The minimum Gasteiger partial charge on any atom is -0.491 e. The predicted molar refractivity (Wildman–Crippen MR) is 101 cm³/mol. The molecule has 0 bridgehead atoms. The minimum atomic E-state index is -4.67. The first-order valence-electron chi connectivity index (χ1n) is 9.10. The summed E-state index contributed by atoms with van der Waals surface area (Å²) in [4.78, 5) is 20.0. The molecular weight excluding hydrogens is 399 g/mol. The molecule has 0 radical (unpaired) electrons. The Bertz CT molecular complexity index is 1180. The molecule has 1 atom stereocenters. The number of Topliss-reactive ketones (excluding diaryl/α,β-unsaturated/α-hetero) is 1. The predicted octanol–water partition coefficient (Wildman–Crippen LogP) is 2.84. The first kappa shape index (κ1) is 19.8. The number of nitriles is 1. The highest BCUT2D eigenvalue weighted by Gasteiger charge is 2.35. The smallest absolute Gasteiger partial charge is 0.419 e. The lowest BCUT2D eigenvalue weighted by Gasteiger charge is -2.17. The van der Waals surface area contributed by atoms with Crippen LogP contribution in [0.2, 0.25) is 0 Å². The van der Waals surface area contributed by atoms with E-state index in [9.17, 15) is 23.2 Å². The van der Waals surface area contributed by atoms with Gasteiger partial charge in [-0.25, -0.2) is 9.97 Å². The Labute approximate surface area is 169 Å². The van der Waals surface area contributed by atoms with Crippen LogP contribution in [0.4, 0.5) is 13.2 Å². The van der Waals surface area contributed by atoms with Crippen LogP contribution in [0.25, 0.3) is 22.3 Å². The van der Waals surface area contributed by atoms with Crippen LogP contribution in [0.1, 0.15) is 17.7 Å². The van der Waals surface area contributed by atoms with Crippen molar-refractivity contribution in [3.05, 3.63) is 41.9 Å². The lowest BCUT2D eigenvalue weighted by molar-refractivity contribution is -0.138. The van der Waals surface area contributed by atoms with Crippen molar-refractivity contribution in [2.45, 2.75) is 18.6 Å². The molecule has 2 aromatic heterocycles. The largest absolute Gasteiger partial charge is 0.491 e. The van der Waals surface area contributed by atoms with Crippen LogP contribution in [0, 0.1) is 11.3 Å². The number of imidazole rings is 1. The molecule has 4 rings (SSSR count). The van der Waals surface area contributed by atoms with Crippen molar-refractivity contribution >= 4 is 16.8 Å². The number of rotatable bonds is 4. The van der Waals surface area contributed by atoms with E-state index < -0.39 is 17.8 Å². The van der Waals surface area contributed by atoms with E-state index in [1.165, 1.54) is 18.5 Å². The Hall–Kier alpha value is -3.45. The highest BCUT2D eigenvalue weighted by Crippen LogP contribution is 2.39. The number of nitrogens with zero attached hydrogens (tertiary/aromatic N) is 4. The third-order valence-corrected chi connectivity index (χ3v) is 4.96. The van der Waals surface area contributed by atoms with Gasteiger partial charge in [-0.1, -0.05) is 0 Å². The van der Waals surface area contributed by atoms with Crippen molar-refractivity contribution in [3.8, 4) is 23.1 Å². The number of pyridine rings is 1. The summed E-state index contributed by atoms with van der Waals surface area (Å²) in [5.74, 6) is -0.451. The van der Waals surface area contributed by atoms with Crippen LogP contribution in [0.15, 0.2) is 30.6 Å². The zero-order valence-electron chi connectivity index (χ0n) is 15.8. The number of fused-ring (bicyclic) bond motifs is 1. The summed E-state index contributed by atoms with van der Waals surface area (Å²) in [6.45, 7) is 0.306. The van der Waals surface area contributed by atoms with Crippen LogP contribution in [0.5, 0.6) is 5.75 Å². The second-order valence-corrected chi connectivity index (χ2v) is 6.93. The van der Waals surface area contributed by atoms with E-state index in [-0.39, 0.29) is 35.1 Å². The first-order chi connectivity index (χ1) is 14.3. The molecule has 1 aromatic carbocycles. The van der Waals surface area contributed by atoms with Gasteiger partial charge >= 0.3 is 6.18 Å². The molecule has 3 heterocycles. The number of benzene rings is 1. The number of alkyl halides is 3. The summed E-state index contributed by atoms with van der Waals surface area (Å²) >= 11 is 0. The summed E-state index contributed by atoms with van der Waals surface area (Å²) < 4.78 is 48.1. The average molecular weight is 415 g/mol. The van der Waals surface area contributed by atoms with Crippen LogP contribution in [0.3, 0.4) is 0 Å². The second kappa shape index (κ2) is 7.42. The molecule has 30 heavy (non-hydrogen) atoms. The van der Waals surface area contributed by atoms with Gasteiger partial charge in [-0.3, -0.25) is 4.79 Å². The van der Waals surface area contributed by atoms with Gasteiger partial charge in [-0.2, -0.15) is 18.4 Å². The van der Waals surface area contributed by atoms with Gasteiger partial charge in [0.2, 0.25) is 0 Å². The fourth-order valence-electron chi connectivity index (χ4n) is 3.37. The highest BCUT2D eigenvalue weighted by atomic mass is 19.4. The molecule has 1 fully saturated rings. The number of hydrogen-bond acceptors (Lipinski definition) is 6. The van der Waals surface area contributed by atoms with Crippen LogP contribution in [-0.2, 0) is 18.0 Å². The van der Waals surface area contributed by atoms with Gasteiger partial charge in [0.1, 0.15) is 30.0 Å². The van der Waals surface area contributed by atoms with Gasteiger partial charge in [0.05, 0.1) is 23.1 Å². The number of aryl methyl sites for hydroxylation is 1. The van der Waals surface area contributed by atoms with E-state index in [0.29, 0.717) is 24.0 Å². The Balaban J connectivity index is 1.73. The molecule has 7 nitrogen and oxygen atoms in total. The Kier molecular flexibility index (Phi) is 4.91. The molecule has 0 amide bonds. The summed E-state index contributed by atoms with van der Waals surface area (Å²) in [7, 11) is 1.72. The van der Waals surface area contributed by atoms with Crippen molar-refractivity contribution < 1.29 is 22.7 Å². The van der Waals surface area contributed by atoms with E-state index in [4.69, 9.17) is 4.74 Å².